The maximum atomic E-state index is 12.7. The van der Waals surface area contributed by atoms with Crippen molar-refractivity contribution in [1.82, 2.24) is 16.0 Å². The fourth-order valence-electron chi connectivity index (χ4n) is 2.53. The smallest absolute Gasteiger partial charge is 0.326 e. The molecule has 166 valence electrons. The van der Waals surface area contributed by atoms with Crippen LogP contribution in [0.3, 0.4) is 0 Å². The van der Waals surface area contributed by atoms with Gasteiger partial charge in [-0.3, -0.25) is 14.4 Å². The molecule has 0 aromatic heterocycles. The highest BCUT2D eigenvalue weighted by molar-refractivity contribution is 7.98. The fourth-order valence-corrected chi connectivity index (χ4v) is 3.00. The molecule has 4 unspecified atom stereocenters. The predicted molar refractivity (Wildman–Crippen MR) is 116 cm³/mol. The zero-order valence-corrected chi connectivity index (χ0v) is 18.2. The third kappa shape index (κ3) is 8.83. The van der Waals surface area contributed by atoms with Crippen molar-refractivity contribution in [2.24, 2.45) is 5.73 Å². The van der Waals surface area contributed by atoms with Crippen LogP contribution in [0.5, 0.6) is 0 Å². The number of hydrogen-bond donors (Lipinski definition) is 5. The van der Waals surface area contributed by atoms with Gasteiger partial charge in [-0.25, -0.2) is 4.79 Å². The average molecular weight is 439 g/mol. The Morgan fingerprint density at radius 3 is 2.10 bits per heavy atom. The number of amides is 3. The zero-order valence-electron chi connectivity index (χ0n) is 17.4. The van der Waals surface area contributed by atoms with Gasteiger partial charge in [0, 0.05) is 6.42 Å². The van der Waals surface area contributed by atoms with E-state index in [9.17, 15) is 24.3 Å². The van der Waals surface area contributed by atoms with Crippen molar-refractivity contribution in [3.8, 4) is 0 Å². The lowest BCUT2D eigenvalue weighted by Gasteiger charge is -2.23. The van der Waals surface area contributed by atoms with E-state index in [1.165, 1.54) is 25.6 Å². The molecule has 1 rings (SSSR count). The number of carboxylic acid groups (broad SMARTS) is 1. The second-order valence-corrected chi connectivity index (χ2v) is 7.94. The van der Waals surface area contributed by atoms with Crippen LogP contribution in [0.1, 0.15) is 25.8 Å². The third-order valence-electron chi connectivity index (χ3n) is 4.31. The van der Waals surface area contributed by atoms with Crippen molar-refractivity contribution < 1.29 is 24.3 Å². The second kappa shape index (κ2) is 12.9. The lowest BCUT2D eigenvalue weighted by Crippen LogP contribution is -2.56. The highest BCUT2D eigenvalue weighted by Crippen LogP contribution is 2.05. The molecule has 0 aliphatic rings. The minimum atomic E-state index is -1.14. The van der Waals surface area contributed by atoms with Gasteiger partial charge in [-0.2, -0.15) is 11.8 Å². The van der Waals surface area contributed by atoms with Crippen LogP contribution >= 0.6 is 11.8 Å². The molecule has 1 aromatic carbocycles. The lowest BCUT2D eigenvalue weighted by atomic mass is 10.0. The van der Waals surface area contributed by atoms with Gasteiger partial charge in [-0.15, -0.1) is 0 Å². The highest BCUT2D eigenvalue weighted by atomic mass is 32.2. The predicted octanol–water partition coefficient (Wildman–Crippen LogP) is -0.112. The van der Waals surface area contributed by atoms with Crippen LogP contribution in [0, 0.1) is 0 Å². The van der Waals surface area contributed by atoms with Gasteiger partial charge in [-0.05, 0) is 37.8 Å². The first-order valence-corrected chi connectivity index (χ1v) is 11.0. The summed E-state index contributed by atoms with van der Waals surface area (Å²) < 4.78 is 0. The summed E-state index contributed by atoms with van der Waals surface area (Å²) in [6.45, 7) is 2.96. The number of carbonyl (C=O) groups excluding carboxylic acids is 3. The molecule has 6 N–H and O–H groups in total. The number of hydrogen-bond acceptors (Lipinski definition) is 6. The van der Waals surface area contributed by atoms with Crippen molar-refractivity contribution in [2.75, 3.05) is 12.0 Å². The monoisotopic (exact) mass is 438 g/mol. The van der Waals surface area contributed by atoms with E-state index in [0.717, 1.165) is 5.56 Å². The summed E-state index contributed by atoms with van der Waals surface area (Å²) in [5.74, 6) is -2.24. The first-order chi connectivity index (χ1) is 14.1. The molecule has 0 heterocycles. The zero-order chi connectivity index (χ0) is 22.7. The van der Waals surface area contributed by atoms with Gasteiger partial charge in [-0.1, -0.05) is 30.3 Å². The Kier molecular flexibility index (Phi) is 10.9. The molecule has 3 amide bonds. The molecular formula is C20H30N4O5S. The number of thioether (sulfide) groups is 1. The maximum absolute atomic E-state index is 12.7. The summed E-state index contributed by atoms with van der Waals surface area (Å²) >= 11 is 1.47. The quantitative estimate of drug-likeness (QED) is 0.305. The summed E-state index contributed by atoms with van der Waals surface area (Å²) in [7, 11) is 0. The minimum absolute atomic E-state index is 0.213. The van der Waals surface area contributed by atoms with E-state index in [1.54, 1.807) is 0 Å². The Morgan fingerprint density at radius 2 is 1.57 bits per heavy atom. The van der Waals surface area contributed by atoms with E-state index in [0.29, 0.717) is 5.75 Å². The van der Waals surface area contributed by atoms with Crippen molar-refractivity contribution >= 4 is 35.5 Å². The minimum Gasteiger partial charge on any atom is -0.480 e. The summed E-state index contributed by atoms with van der Waals surface area (Å²) in [6.07, 6.45) is 2.32. The molecule has 0 aliphatic heterocycles. The number of nitrogens with one attached hydrogen (secondary N) is 3. The van der Waals surface area contributed by atoms with Gasteiger partial charge in [0.15, 0.2) is 0 Å². The van der Waals surface area contributed by atoms with E-state index in [1.807, 2.05) is 36.6 Å². The topological polar surface area (TPSA) is 151 Å². The first kappa shape index (κ1) is 25.4. The standard InChI is InChI=1S/C20H30N4O5S/c1-12(21)17(25)24-16(11-14-7-5-4-6-8-14)19(27)22-13(2)18(26)23-15(20(28)29)9-10-30-3/h4-8,12-13,15-16H,9-11,21H2,1-3H3,(H,22,27)(H,23,26)(H,24,25)(H,28,29). The second-order valence-electron chi connectivity index (χ2n) is 6.95. The number of rotatable bonds is 12. The van der Waals surface area contributed by atoms with E-state index in [2.05, 4.69) is 16.0 Å². The van der Waals surface area contributed by atoms with Crippen molar-refractivity contribution in [3.05, 3.63) is 35.9 Å². The normalized spacial score (nSPS) is 14.7. The molecule has 0 spiro atoms. The lowest BCUT2D eigenvalue weighted by molar-refractivity contribution is -0.142. The maximum Gasteiger partial charge on any atom is 0.326 e. The molecule has 30 heavy (non-hydrogen) atoms. The van der Waals surface area contributed by atoms with Gasteiger partial charge in [0.25, 0.3) is 0 Å². The summed E-state index contributed by atoms with van der Waals surface area (Å²) in [4.78, 5) is 48.4. The summed E-state index contributed by atoms with van der Waals surface area (Å²) in [6, 6.07) is 5.33. The Balaban J connectivity index is 2.81. The van der Waals surface area contributed by atoms with Crippen molar-refractivity contribution in [3.63, 3.8) is 0 Å². The van der Waals surface area contributed by atoms with Crippen molar-refractivity contribution in [1.29, 1.82) is 0 Å². The highest BCUT2D eigenvalue weighted by Gasteiger charge is 2.27. The molecule has 0 fully saturated rings. The fraction of sp³-hybridized carbons (Fsp3) is 0.500. The molecule has 4 atom stereocenters. The SMILES string of the molecule is CSCCC(NC(=O)C(C)NC(=O)C(Cc1ccccc1)NC(=O)C(C)N)C(=O)O. The Labute approximate surface area is 180 Å². The van der Waals surface area contributed by atoms with Gasteiger partial charge < -0.3 is 26.8 Å². The molecule has 1 aromatic rings. The van der Waals surface area contributed by atoms with Crippen molar-refractivity contribution in [2.45, 2.75) is 50.9 Å². The van der Waals surface area contributed by atoms with Crippen LogP contribution in [0.15, 0.2) is 30.3 Å². The number of carboxylic acids is 1. The van der Waals surface area contributed by atoms with E-state index < -0.39 is 47.9 Å². The van der Waals surface area contributed by atoms with E-state index in [4.69, 9.17) is 5.73 Å². The summed E-state index contributed by atoms with van der Waals surface area (Å²) in [5, 5.41) is 16.8. The van der Waals surface area contributed by atoms with Crippen LogP contribution in [0.25, 0.3) is 0 Å². The average Bonchev–Trinajstić information content (AvgIpc) is 2.70. The molecular weight excluding hydrogens is 408 g/mol. The number of nitrogens with two attached hydrogens (primary N) is 1. The van der Waals surface area contributed by atoms with Crippen LogP contribution in [0.4, 0.5) is 0 Å². The Hall–Kier alpha value is -2.59. The van der Waals surface area contributed by atoms with E-state index >= 15 is 0 Å². The summed E-state index contributed by atoms with van der Waals surface area (Å²) in [5.41, 5.74) is 6.41. The van der Waals surface area contributed by atoms with Gasteiger partial charge in [0.05, 0.1) is 6.04 Å². The molecule has 0 bridgehead atoms. The third-order valence-corrected chi connectivity index (χ3v) is 4.95. The molecule has 0 saturated carbocycles. The van der Waals surface area contributed by atoms with Gasteiger partial charge >= 0.3 is 5.97 Å². The van der Waals surface area contributed by atoms with Crippen LogP contribution in [-0.2, 0) is 25.6 Å². The molecule has 0 radical (unpaired) electrons. The Bertz CT molecular complexity index is 729. The van der Waals surface area contributed by atoms with E-state index in [-0.39, 0.29) is 12.8 Å². The molecule has 0 saturated heterocycles. The molecule has 10 heteroatoms. The molecule has 9 nitrogen and oxygen atoms in total. The first-order valence-electron chi connectivity index (χ1n) is 9.58. The van der Waals surface area contributed by atoms with Gasteiger partial charge in [0.1, 0.15) is 18.1 Å². The number of carbonyl (C=O) groups is 4. The number of benzene rings is 1. The number of aliphatic carboxylic acids is 1. The van der Waals surface area contributed by atoms with Gasteiger partial charge in [0.2, 0.25) is 17.7 Å². The van der Waals surface area contributed by atoms with Crippen LogP contribution in [0.2, 0.25) is 0 Å². The molecule has 0 aliphatic carbocycles. The van der Waals surface area contributed by atoms with Crippen LogP contribution < -0.4 is 21.7 Å². The Morgan fingerprint density at radius 1 is 0.967 bits per heavy atom. The van der Waals surface area contributed by atoms with Crippen LogP contribution in [-0.4, -0.2) is 65.0 Å². The largest absolute Gasteiger partial charge is 0.480 e.